The maximum atomic E-state index is 13.4. The third kappa shape index (κ3) is 4.10. The molecule has 0 bridgehead atoms. The normalized spacial score (nSPS) is 23.5. The molecule has 1 N–H and O–H groups in total. The number of piperidine rings is 1. The molecule has 0 aromatic carbocycles. The van der Waals surface area contributed by atoms with Crippen LogP contribution in [0.25, 0.3) is 0 Å². The molecule has 0 saturated carbocycles. The average Bonchev–Trinajstić information content (AvgIpc) is 3.20. The van der Waals surface area contributed by atoms with Crippen LogP contribution in [0, 0.1) is 12.8 Å². The number of aryl methyl sites for hydroxylation is 1. The van der Waals surface area contributed by atoms with Gasteiger partial charge in [0.25, 0.3) is 12.3 Å². The van der Waals surface area contributed by atoms with E-state index >= 15 is 0 Å². The number of likely N-dealkylation sites (tertiary alicyclic amines) is 1. The number of carbonyl (C=O) groups is 1. The molecular weight excluding hydrogens is 423 g/mol. The summed E-state index contributed by atoms with van der Waals surface area (Å²) in [5, 5.41) is 1.53. The van der Waals surface area contributed by atoms with Crippen LogP contribution in [0.15, 0.2) is 34.0 Å². The summed E-state index contributed by atoms with van der Waals surface area (Å²) >= 11 is 0. The Bertz CT molecular complexity index is 973. The van der Waals surface area contributed by atoms with Crippen LogP contribution in [-0.2, 0) is 6.18 Å². The fourth-order valence-electron chi connectivity index (χ4n) is 3.96. The third-order valence-corrected chi connectivity index (χ3v) is 5.40. The van der Waals surface area contributed by atoms with Gasteiger partial charge in [-0.05, 0) is 31.9 Å². The van der Waals surface area contributed by atoms with Crippen molar-refractivity contribution >= 4 is 18.0 Å². The minimum atomic E-state index is -4.72. The Morgan fingerprint density at radius 2 is 2.10 bits per heavy atom. The molecule has 1 aromatic rings. The first kappa shape index (κ1) is 21.2. The smallest absolute Gasteiger partial charge is 0.338 e. The van der Waals surface area contributed by atoms with Gasteiger partial charge >= 0.3 is 6.18 Å². The summed E-state index contributed by atoms with van der Waals surface area (Å²) in [7, 11) is 0. The molecule has 166 valence electrons. The SMILES string of the molecule is Cc1cc(C(=O)N2CCCC(C3=CC(C(F)F)=NC4N=CNN34)C2)c(C(F)(F)F)cn1. The molecule has 4 rings (SSSR count). The van der Waals surface area contributed by atoms with E-state index in [0.29, 0.717) is 30.4 Å². The van der Waals surface area contributed by atoms with E-state index in [-0.39, 0.29) is 19.0 Å². The van der Waals surface area contributed by atoms with Crippen molar-refractivity contribution in [1.29, 1.82) is 0 Å². The van der Waals surface area contributed by atoms with Crippen molar-refractivity contribution in [2.24, 2.45) is 15.9 Å². The van der Waals surface area contributed by atoms with Crippen molar-refractivity contribution in [3.8, 4) is 0 Å². The first-order chi connectivity index (χ1) is 14.6. The summed E-state index contributed by atoms with van der Waals surface area (Å²) in [6, 6.07) is 1.13. The Kier molecular flexibility index (Phi) is 5.40. The third-order valence-electron chi connectivity index (χ3n) is 5.40. The molecule has 1 amide bonds. The van der Waals surface area contributed by atoms with E-state index < -0.39 is 41.6 Å². The number of nitrogens with one attached hydrogen (secondary N) is 1. The molecule has 3 aliphatic heterocycles. The zero-order valence-corrected chi connectivity index (χ0v) is 16.4. The van der Waals surface area contributed by atoms with Crippen molar-refractivity contribution in [3.63, 3.8) is 0 Å². The summed E-state index contributed by atoms with van der Waals surface area (Å²) in [6.45, 7) is 1.86. The fourth-order valence-corrected chi connectivity index (χ4v) is 3.96. The standard InChI is InChI=1S/C19H19F5N6O/c1-10-5-12(13(7-25-10)19(22,23)24)17(31)29-4-2-3-11(8-29)15-6-14(16(20)21)28-18-26-9-27-30(15)18/h5-7,9,11,16,18H,2-4,8H2,1H3,(H,26,27). The lowest BCUT2D eigenvalue weighted by Gasteiger charge is -2.39. The van der Waals surface area contributed by atoms with Gasteiger partial charge in [0.1, 0.15) is 12.1 Å². The van der Waals surface area contributed by atoms with E-state index in [9.17, 15) is 26.7 Å². The van der Waals surface area contributed by atoms with Gasteiger partial charge in [-0.3, -0.25) is 15.2 Å². The number of halogens is 5. The molecule has 0 spiro atoms. The van der Waals surface area contributed by atoms with Crippen molar-refractivity contribution in [2.45, 2.75) is 38.7 Å². The molecule has 0 radical (unpaired) electrons. The Labute approximate surface area is 174 Å². The number of hydrogen-bond acceptors (Lipinski definition) is 6. The second-order valence-corrected chi connectivity index (χ2v) is 7.51. The minimum Gasteiger partial charge on any atom is -0.338 e. The number of fused-ring (bicyclic) bond motifs is 1. The van der Waals surface area contributed by atoms with Gasteiger partial charge in [0, 0.05) is 36.6 Å². The van der Waals surface area contributed by atoms with Gasteiger partial charge in [-0.2, -0.15) is 13.2 Å². The zero-order chi connectivity index (χ0) is 22.3. The van der Waals surface area contributed by atoms with E-state index in [1.54, 1.807) is 0 Å². The van der Waals surface area contributed by atoms with E-state index in [1.807, 2.05) is 0 Å². The van der Waals surface area contributed by atoms with Crippen LogP contribution in [0.5, 0.6) is 0 Å². The number of alkyl halides is 5. The molecule has 3 aliphatic rings. The molecule has 31 heavy (non-hydrogen) atoms. The van der Waals surface area contributed by atoms with Gasteiger partial charge < -0.3 is 4.90 Å². The van der Waals surface area contributed by atoms with Crippen molar-refractivity contribution in [1.82, 2.24) is 20.3 Å². The Morgan fingerprint density at radius 1 is 1.32 bits per heavy atom. The van der Waals surface area contributed by atoms with Crippen molar-refractivity contribution < 1.29 is 26.7 Å². The second-order valence-electron chi connectivity index (χ2n) is 7.51. The quantitative estimate of drug-likeness (QED) is 0.731. The Morgan fingerprint density at radius 3 is 2.81 bits per heavy atom. The number of amides is 1. The van der Waals surface area contributed by atoms with Gasteiger partial charge in [-0.1, -0.05) is 0 Å². The molecular formula is C19H19F5N6O. The van der Waals surface area contributed by atoms with Crippen LogP contribution >= 0.6 is 0 Å². The van der Waals surface area contributed by atoms with Crippen LogP contribution in [0.3, 0.4) is 0 Å². The molecule has 0 aliphatic carbocycles. The van der Waals surface area contributed by atoms with E-state index in [2.05, 4.69) is 20.4 Å². The first-order valence-corrected chi connectivity index (χ1v) is 9.62. The number of aromatic nitrogens is 1. The van der Waals surface area contributed by atoms with Gasteiger partial charge in [-0.15, -0.1) is 0 Å². The highest BCUT2D eigenvalue weighted by Gasteiger charge is 2.39. The second kappa shape index (κ2) is 7.89. The van der Waals surface area contributed by atoms with Gasteiger partial charge in [-0.25, -0.2) is 23.8 Å². The molecule has 7 nitrogen and oxygen atoms in total. The van der Waals surface area contributed by atoms with Crippen LogP contribution in [-0.4, -0.2) is 58.7 Å². The van der Waals surface area contributed by atoms with Gasteiger partial charge in [0.15, 0.2) is 0 Å². The van der Waals surface area contributed by atoms with Crippen LogP contribution < -0.4 is 5.43 Å². The largest absolute Gasteiger partial charge is 0.418 e. The van der Waals surface area contributed by atoms with Crippen molar-refractivity contribution in [3.05, 3.63) is 40.9 Å². The number of allylic oxidation sites excluding steroid dienone is 1. The molecule has 1 aromatic heterocycles. The number of rotatable bonds is 3. The number of aliphatic imine (C=N–C) groups is 2. The maximum Gasteiger partial charge on any atom is 0.418 e. The topological polar surface area (TPSA) is 73.2 Å². The number of hydrogen-bond donors (Lipinski definition) is 1. The highest BCUT2D eigenvalue weighted by molar-refractivity contribution is 5.99. The average molecular weight is 442 g/mol. The lowest BCUT2D eigenvalue weighted by atomic mass is 9.92. The first-order valence-electron chi connectivity index (χ1n) is 9.62. The van der Waals surface area contributed by atoms with Crippen LogP contribution in [0.2, 0.25) is 0 Å². The van der Waals surface area contributed by atoms with Gasteiger partial charge in [0.2, 0.25) is 6.29 Å². The predicted octanol–water partition coefficient (Wildman–Crippen LogP) is 3.00. The van der Waals surface area contributed by atoms with Crippen LogP contribution in [0.4, 0.5) is 22.0 Å². The van der Waals surface area contributed by atoms with Gasteiger partial charge in [0.05, 0.1) is 11.1 Å². The minimum absolute atomic E-state index is 0.0880. The lowest BCUT2D eigenvalue weighted by molar-refractivity contribution is -0.138. The Balaban J connectivity index is 1.61. The van der Waals surface area contributed by atoms with E-state index in [1.165, 1.54) is 29.2 Å². The summed E-state index contributed by atoms with van der Waals surface area (Å²) in [5.41, 5.74) is 1.64. The summed E-state index contributed by atoms with van der Waals surface area (Å²) in [5.74, 6) is -1.13. The lowest BCUT2D eigenvalue weighted by Crippen LogP contribution is -2.48. The molecule has 4 heterocycles. The number of nitrogens with zero attached hydrogens (tertiary/aromatic N) is 5. The van der Waals surface area contributed by atoms with E-state index in [4.69, 9.17) is 0 Å². The summed E-state index contributed by atoms with van der Waals surface area (Å²) in [6.07, 6.45) is -4.01. The highest BCUT2D eigenvalue weighted by Crippen LogP contribution is 2.35. The fraction of sp³-hybridized carbons (Fsp3) is 0.474. The number of hydrazine groups is 1. The molecule has 1 saturated heterocycles. The zero-order valence-electron chi connectivity index (χ0n) is 16.4. The summed E-state index contributed by atoms with van der Waals surface area (Å²) < 4.78 is 66.8. The molecule has 2 unspecified atom stereocenters. The number of pyridine rings is 1. The molecule has 1 fully saturated rings. The predicted molar refractivity (Wildman–Crippen MR) is 101 cm³/mol. The monoisotopic (exact) mass is 442 g/mol. The molecule has 12 heteroatoms. The van der Waals surface area contributed by atoms with Crippen molar-refractivity contribution in [2.75, 3.05) is 13.1 Å². The Hall–Kier alpha value is -3.05. The molecule has 2 atom stereocenters. The van der Waals surface area contributed by atoms with E-state index in [0.717, 1.165) is 6.07 Å². The van der Waals surface area contributed by atoms with Crippen LogP contribution in [0.1, 0.15) is 34.5 Å². The highest BCUT2D eigenvalue weighted by atomic mass is 19.4. The number of carbonyl (C=O) groups excluding carboxylic acids is 1. The maximum absolute atomic E-state index is 13.4. The summed E-state index contributed by atoms with van der Waals surface area (Å²) in [4.78, 5) is 25.9.